The largest absolute Gasteiger partial charge is 0.420 e. The van der Waals surface area contributed by atoms with Crippen LogP contribution >= 0.6 is 11.6 Å². The maximum atomic E-state index is 14.2. The average molecular weight is 480 g/mol. The van der Waals surface area contributed by atoms with Crippen LogP contribution in [-0.2, 0) is 22.6 Å². The number of aromatic nitrogens is 3. The van der Waals surface area contributed by atoms with Gasteiger partial charge < -0.3 is 9.30 Å². The molecular formula is C22H23ClFN3O4S. The van der Waals surface area contributed by atoms with Crippen LogP contribution in [0.15, 0.2) is 47.4 Å². The standard InChI is InChI=1S/C22H23ClFN3O4S/c1-4-6-14(2)32(29,30)13-16-11-19(15-9-10-20(28)27(3)12-15)26-22(25-16)31-21-17(23)7-5-8-18(21)24/h5,7-12,14H,4,6,13H2,1-3H3/t14-/m0/s1. The van der Waals surface area contributed by atoms with Crippen LogP contribution in [-0.4, -0.2) is 28.2 Å². The Bertz CT molecular complexity index is 1270. The number of para-hydroxylation sites is 1. The van der Waals surface area contributed by atoms with E-state index in [1.807, 2.05) is 6.92 Å². The minimum absolute atomic E-state index is 0.0202. The number of halogens is 2. The van der Waals surface area contributed by atoms with Gasteiger partial charge in [0, 0.05) is 24.9 Å². The molecule has 3 rings (SSSR count). The lowest BCUT2D eigenvalue weighted by molar-refractivity contribution is 0.410. The molecule has 7 nitrogen and oxygen atoms in total. The van der Waals surface area contributed by atoms with Crippen molar-refractivity contribution in [1.29, 1.82) is 0 Å². The van der Waals surface area contributed by atoms with Crippen molar-refractivity contribution >= 4 is 21.4 Å². The first-order chi connectivity index (χ1) is 15.1. The molecular weight excluding hydrogens is 457 g/mol. The summed E-state index contributed by atoms with van der Waals surface area (Å²) in [7, 11) is -1.91. The maximum absolute atomic E-state index is 14.2. The van der Waals surface area contributed by atoms with Crippen molar-refractivity contribution in [1.82, 2.24) is 14.5 Å². The summed E-state index contributed by atoms with van der Waals surface area (Å²) in [6.07, 6.45) is 2.81. The van der Waals surface area contributed by atoms with Crippen LogP contribution in [0.3, 0.4) is 0 Å². The predicted molar refractivity (Wildman–Crippen MR) is 121 cm³/mol. The fourth-order valence-corrected chi connectivity index (χ4v) is 4.73. The van der Waals surface area contributed by atoms with Gasteiger partial charge in [-0.25, -0.2) is 12.8 Å². The Kier molecular flexibility index (Phi) is 7.30. The molecule has 1 aromatic carbocycles. The first kappa shape index (κ1) is 23.9. The smallest absolute Gasteiger partial charge is 0.322 e. The van der Waals surface area contributed by atoms with Gasteiger partial charge in [-0.2, -0.15) is 9.97 Å². The summed E-state index contributed by atoms with van der Waals surface area (Å²) in [6, 6.07) is 8.25. The van der Waals surface area contributed by atoms with Crippen LogP contribution in [0, 0.1) is 5.82 Å². The Balaban J connectivity index is 2.09. The van der Waals surface area contributed by atoms with Crippen molar-refractivity contribution in [3.8, 4) is 23.0 Å². The summed E-state index contributed by atoms with van der Waals surface area (Å²) in [5, 5.41) is -0.527. The average Bonchev–Trinajstić information content (AvgIpc) is 2.72. The van der Waals surface area contributed by atoms with E-state index in [1.54, 1.807) is 26.2 Å². The van der Waals surface area contributed by atoms with E-state index in [9.17, 15) is 17.6 Å². The number of rotatable bonds is 8. The second kappa shape index (κ2) is 9.79. The highest BCUT2D eigenvalue weighted by Crippen LogP contribution is 2.32. The third-order valence-electron chi connectivity index (χ3n) is 4.91. The van der Waals surface area contributed by atoms with E-state index in [-0.39, 0.29) is 33.8 Å². The van der Waals surface area contributed by atoms with Crippen molar-refractivity contribution in [2.75, 3.05) is 0 Å². The number of aryl methyl sites for hydroxylation is 1. The lowest BCUT2D eigenvalue weighted by Gasteiger charge is -2.14. The van der Waals surface area contributed by atoms with E-state index in [4.69, 9.17) is 16.3 Å². The van der Waals surface area contributed by atoms with Gasteiger partial charge in [0.2, 0.25) is 5.56 Å². The highest BCUT2D eigenvalue weighted by Gasteiger charge is 2.23. The highest BCUT2D eigenvalue weighted by molar-refractivity contribution is 7.91. The SMILES string of the molecule is CCC[C@H](C)S(=O)(=O)Cc1cc(-c2ccc(=O)n(C)c2)nc(Oc2c(F)cccc2Cl)n1. The summed E-state index contributed by atoms with van der Waals surface area (Å²) in [6.45, 7) is 3.57. The second-order valence-corrected chi connectivity index (χ2v) is 10.3. The molecule has 0 aliphatic heterocycles. The highest BCUT2D eigenvalue weighted by atomic mass is 35.5. The van der Waals surface area contributed by atoms with Crippen LogP contribution in [0.1, 0.15) is 32.4 Å². The van der Waals surface area contributed by atoms with E-state index >= 15 is 0 Å². The lowest BCUT2D eigenvalue weighted by Crippen LogP contribution is -2.20. The van der Waals surface area contributed by atoms with Gasteiger partial charge in [-0.05, 0) is 37.6 Å². The minimum Gasteiger partial charge on any atom is -0.420 e. The first-order valence-corrected chi connectivity index (χ1v) is 12.1. The summed E-state index contributed by atoms with van der Waals surface area (Å²) in [4.78, 5) is 20.2. The lowest BCUT2D eigenvalue weighted by atomic mass is 10.2. The number of pyridine rings is 1. The summed E-state index contributed by atoms with van der Waals surface area (Å²) < 4.78 is 46.7. The first-order valence-electron chi connectivity index (χ1n) is 9.99. The Hall–Kier alpha value is -2.78. The molecule has 1 atom stereocenters. The molecule has 0 spiro atoms. The fraction of sp³-hybridized carbons (Fsp3) is 0.318. The molecule has 0 fully saturated rings. The van der Waals surface area contributed by atoms with Crippen LogP contribution in [0.5, 0.6) is 11.8 Å². The van der Waals surface area contributed by atoms with Gasteiger partial charge in [-0.3, -0.25) is 4.79 Å². The van der Waals surface area contributed by atoms with Gasteiger partial charge in [0.1, 0.15) is 0 Å². The number of ether oxygens (including phenoxy) is 1. The molecule has 0 saturated carbocycles. The molecule has 0 aliphatic carbocycles. The molecule has 0 aliphatic rings. The molecule has 2 aromatic heterocycles. The van der Waals surface area contributed by atoms with Gasteiger partial charge in [0.05, 0.1) is 27.4 Å². The third-order valence-corrected chi connectivity index (χ3v) is 7.37. The zero-order valence-corrected chi connectivity index (χ0v) is 19.5. The zero-order valence-electron chi connectivity index (χ0n) is 17.9. The predicted octanol–water partition coefficient (Wildman–Crippen LogP) is 4.53. The van der Waals surface area contributed by atoms with Gasteiger partial charge in [-0.15, -0.1) is 0 Å². The normalized spacial score (nSPS) is 12.5. The van der Waals surface area contributed by atoms with Crippen molar-refractivity contribution in [2.24, 2.45) is 7.05 Å². The van der Waals surface area contributed by atoms with E-state index in [1.165, 1.54) is 34.9 Å². The van der Waals surface area contributed by atoms with Crippen LogP contribution < -0.4 is 10.3 Å². The molecule has 0 amide bonds. The number of benzene rings is 1. The fourth-order valence-electron chi connectivity index (χ4n) is 3.09. The zero-order chi connectivity index (χ0) is 23.5. The molecule has 3 aromatic rings. The van der Waals surface area contributed by atoms with Crippen LogP contribution in [0.4, 0.5) is 4.39 Å². The Morgan fingerprint density at radius 2 is 1.97 bits per heavy atom. The molecule has 0 bridgehead atoms. The van der Waals surface area contributed by atoms with E-state index in [0.717, 1.165) is 6.42 Å². The number of hydrogen-bond donors (Lipinski definition) is 0. The molecule has 0 N–H and O–H groups in total. The van der Waals surface area contributed by atoms with Crippen LogP contribution in [0.25, 0.3) is 11.3 Å². The number of sulfone groups is 1. The van der Waals surface area contributed by atoms with E-state index in [0.29, 0.717) is 17.7 Å². The maximum Gasteiger partial charge on any atom is 0.322 e. The molecule has 0 unspecified atom stereocenters. The quantitative estimate of drug-likeness (QED) is 0.471. The third kappa shape index (κ3) is 5.52. The van der Waals surface area contributed by atoms with Crippen molar-refractivity contribution in [3.05, 3.63) is 69.5 Å². The summed E-state index contributed by atoms with van der Waals surface area (Å²) in [5.74, 6) is -1.31. The van der Waals surface area contributed by atoms with E-state index < -0.39 is 20.9 Å². The molecule has 32 heavy (non-hydrogen) atoms. The van der Waals surface area contributed by atoms with Gasteiger partial charge in [0.15, 0.2) is 21.4 Å². The van der Waals surface area contributed by atoms with Crippen molar-refractivity contribution < 1.29 is 17.5 Å². The van der Waals surface area contributed by atoms with Gasteiger partial charge in [-0.1, -0.05) is 31.0 Å². The summed E-state index contributed by atoms with van der Waals surface area (Å²) in [5.41, 5.74) is 0.841. The second-order valence-electron chi connectivity index (χ2n) is 7.45. The minimum atomic E-state index is -3.50. The topological polar surface area (TPSA) is 91.2 Å². The van der Waals surface area contributed by atoms with Crippen LogP contribution in [0.2, 0.25) is 5.02 Å². The molecule has 0 radical (unpaired) electrons. The molecule has 0 saturated heterocycles. The van der Waals surface area contributed by atoms with E-state index in [2.05, 4.69) is 9.97 Å². The molecule has 170 valence electrons. The summed E-state index contributed by atoms with van der Waals surface area (Å²) >= 11 is 6.04. The van der Waals surface area contributed by atoms with Crippen molar-refractivity contribution in [2.45, 2.75) is 37.7 Å². The monoisotopic (exact) mass is 479 g/mol. The van der Waals surface area contributed by atoms with Crippen molar-refractivity contribution in [3.63, 3.8) is 0 Å². The number of hydrogen-bond acceptors (Lipinski definition) is 6. The van der Waals surface area contributed by atoms with Gasteiger partial charge >= 0.3 is 6.01 Å². The molecule has 10 heteroatoms. The Morgan fingerprint density at radius 1 is 1.22 bits per heavy atom. The van der Waals surface area contributed by atoms with Gasteiger partial charge in [0.25, 0.3) is 0 Å². The number of nitrogens with zero attached hydrogens (tertiary/aromatic N) is 3. The Labute approximate surface area is 190 Å². The molecule has 2 heterocycles. The Morgan fingerprint density at radius 3 is 2.62 bits per heavy atom.